The Labute approximate surface area is 216 Å². The van der Waals surface area contributed by atoms with E-state index in [1.165, 1.54) is 37.4 Å². The van der Waals surface area contributed by atoms with E-state index in [-0.39, 0.29) is 63.9 Å². The minimum atomic E-state index is -4.79. The fourth-order valence-electron chi connectivity index (χ4n) is 3.29. The lowest BCUT2D eigenvalue weighted by Crippen LogP contribution is -2.21. The smallest absolute Gasteiger partial charge is 0.471 e. The fraction of sp³-hybridized carbons (Fsp3) is 0.261. The number of nitrogens with zero attached hydrogens (tertiary/aromatic N) is 4. The largest absolute Gasteiger partial charge is 0.493 e. The van der Waals surface area contributed by atoms with Crippen LogP contribution < -0.4 is 14.2 Å². The van der Waals surface area contributed by atoms with Gasteiger partial charge in [0.25, 0.3) is 0 Å². The normalized spacial score (nSPS) is 13.9. The molecular weight excluding hydrogens is 536 g/mol. The number of halogens is 4. The zero-order valence-electron chi connectivity index (χ0n) is 20.0. The van der Waals surface area contributed by atoms with Crippen LogP contribution >= 0.6 is 11.8 Å². The number of alkyl halides is 3. The molecule has 0 radical (unpaired) electrons. The second-order valence-electron chi connectivity index (χ2n) is 7.31. The molecule has 10 nitrogen and oxygen atoms in total. The first-order valence-electron chi connectivity index (χ1n) is 10.6. The maximum absolute atomic E-state index is 15.7. The van der Waals surface area contributed by atoms with Gasteiger partial charge in [-0.3, -0.25) is 0 Å². The molecule has 0 unspecified atom stereocenters. The Hall–Kier alpha value is -4.14. The summed E-state index contributed by atoms with van der Waals surface area (Å²) >= 11 is 1.00. The number of methoxy groups -OCH3 is 2. The third kappa shape index (κ3) is 5.56. The van der Waals surface area contributed by atoms with Crippen molar-refractivity contribution in [2.75, 3.05) is 33.7 Å². The Morgan fingerprint density at radius 1 is 1.11 bits per heavy atom. The third-order valence-corrected chi connectivity index (χ3v) is 5.66. The van der Waals surface area contributed by atoms with E-state index in [9.17, 15) is 18.0 Å². The Balaban J connectivity index is 1.82. The zero-order chi connectivity index (χ0) is 27.4. The highest BCUT2D eigenvalue weighted by Crippen LogP contribution is 2.43. The minimum absolute atomic E-state index is 0.00606. The van der Waals surface area contributed by atoms with Crippen molar-refractivity contribution in [2.45, 2.75) is 6.18 Å². The van der Waals surface area contributed by atoms with Crippen molar-refractivity contribution in [3.8, 4) is 28.6 Å². The van der Waals surface area contributed by atoms with Gasteiger partial charge in [-0.1, -0.05) is 5.16 Å². The van der Waals surface area contributed by atoms with Crippen molar-refractivity contribution in [1.82, 2.24) is 10.1 Å². The topological polar surface area (TPSA) is 118 Å². The van der Waals surface area contributed by atoms with Crippen LogP contribution in [-0.4, -0.2) is 60.7 Å². The number of benzene rings is 2. The maximum atomic E-state index is 15.7. The van der Waals surface area contributed by atoms with E-state index in [0.717, 1.165) is 18.9 Å². The van der Waals surface area contributed by atoms with Gasteiger partial charge in [0.1, 0.15) is 24.0 Å². The lowest BCUT2D eigenvalue weighted by atomic mass is 10.1. The van der Waals surface area contributed by atoms with Crippen LogP contribution in [0.4, 0.5) is 28.0 Å². The fourth-order valence-corrected chi connectivity index (χ4v) is 3.80. The number of fused-ring (bicyclic) bond motifs is 1. The van der Waals surface area contributed by atoms with Gasteiger partial charge in [0.15, 0.2) is 11.6 Å². The van der Waals surface area contributed by atoms with E-state index >= 15 is 4.39 Å². The van der Waals surface area contributed by atoms with Crippen molar-refractivity contribution < 1.29 is 45.8 Å². The lowest BCUT2D eigenvalue weighted by Gasteiger charge is -2.23. The maximum Gasteiger partial charge on any atom is 0.471 e. The quantitative estimate of drug-likeness (QED) is 0.235. The summed E-state index contributed by atoms with van der Waals surface area (Å²) in [5, 5.41) is 3.35. The van der Waals surface area contributed by atoms with Crippen LogP contribution in [0.3, 0.4) is 0 Å². The highest BCUT2D eigenvalue weighted by molar-refractivity contribution is 8.15. The van der Waals surface area contributed by atoms with E-state index in [0.29, 0.717) is 0 Å². The second kappa shape index (κ2) is 11.1. The highest BCUT2D eigenvalue weighted by Gasteiger charge is 2.38. The van der Waals surface area contributed by atoms with Gasteiger partial charge in [-0.2, -0.15) is 23.1 Å². The van der Waals surface area contributed by atoms with Gasteiger partial charge in [0.05, 0.1) is 19.9 Å². The van der Waals surface area contributed by atoms with Gasteiger partial charge < -0.3 is 23.5 Å². The Bertz CT molecular complexity index is 1410. The molecule has 38 heavy (non-hydrogen) atoms. The Morgan fingerprint density at radius 3 is 2.37 bits per heavy atom. The molecule has 2 aromatic carbocycles. The van der Waals surface area contributed by atoms with E-state index in [1.807, 2.05) is 0 Å². The summed E-state index contributed by atoms with van der Waals surface area (Å²) in [4.78, 5) is 23.6. The number of thioether (sulfide) groups is 1. The summed E-state index contributed by atoms with van der Waals surface area (Å²) in [6.07, 6.45) is -4.13. The van der Waals surface area contributed by atoms with Crippen molar-refractivity contribution >= 4 is 34.3 Å². The number of hydrogen-bond acceptors (Lipinski definition) is 10. The van der Waals surface area contributed by atoms with E-state index in [1.54, 1.807) is 6.26 Å². The molecule has 1 aliphatic rings. The first kappa shape index (κ1) is 26.9. The Kier molecular flexibility index (Phi) is 7.85. The number of aliphatic imine (C=N–C) groups is 2. The SMILES string of the molecule is COC(=O)N=C(SC)C(=Nc1ccc(-c2noc(C(F)(F)F)n2)cc1)c1cc(OC)c2c(c1F)OCCO2. The molecule has 0 saturated carbocycles. The predicted molar refractivity (Wildman–Crippen MR) is 128 cm³/mol. The summed E-state index contributed by atoms with van der Waals surface area (Å²) in [5.74, 6) is -2.54. The zero-order valence-corrected chi connectivity index (χ0v) is 20.8. The third-order valence-electron chi connectivity index (χ3n) is 4.99. The summed E-state index contributed by atoms with van der Waals surface area (Å²) in [7, 11) is 2.50. The molecule has 0 atom stereocenters. The van der Waals surface area contributed by atoms with Crippen LogP contribution in [0.2, 0.25) is 0 Å². The van der Waals surface area contributed by atoms with Crippen molar-refractivity contribution in [3.63, 3.8) is 0 Å². The van der Waals surface area contributed by atoms with E-state index < -0.39 is 24.0 Å². The molecule has 0 spiro atoms. The molecule has 15 heteroatoms. The van der Waals surface area contributed by atoms with Crippen LogP contribution in [0.5, 0.6) is 17.2 Å². The highest BCUT2D eigenvalue weighted by atomic mass is 32.2. The first-order valence-corrected chi connectivity index (χ1v) is 11.9. The van der Waals surface area contributed by atoms with Crippen LogP contribution in [0, 0.1) is 5.82 Å². The number of amides is 1. The predicted octanol–water partition coefficient (Wildman–Crippen LogP) is 5.32. The molecule has 4 rings (SSSR count). The molecule has 0 aliphatic carbocycles. The average molecular weight is 554 g/mol. The van der Waals surface area contributed by atoms with E-state index in [2.05, 4.69) is 29.4 Å². The molecule has 1 aliphatic heterocycles. The van der Waals surface area contributed by atoms with Crippen LogP contribution in [0.25, 0.3) is 11.4 Å². The Morgan fingerprint density at radius 2 is 1.79 bits per heavy atom. The average Bonchev–Trinajstić information content (AvgIpc) is 3.43. The number of aromatic nitrogens is 2. The molecule has 200 valence electrons. The molecule has 1 aromatic heterocycles. The van der Waals surface area contributed by atoms with Gasteiger partial charge in [0.2, 0.25) is 17.3 Å². The van der Waals surface area contributed by atoms with Crippen molar-refractivity contribution in [2.24, 2.45) is 9.98 Å². The second-order valence-corrected chi connectivity index (χ2v) is 8.11. The van der Waals surface area contributed by atoms with Gasteiger partial charge in [-0.25, -0.2) is 14.2 Å². The van der Waals surface area contributed by atoms with Crippen molar-refractivity contribution in [1.29, 1.82) is 0 Å². The summed E-state index contributed by atoms with van der Waals surface area (Å²) in [5.41, 5.74) is 0.274. The van der Waals surface area contributed by atoms with Crippen LogP contribution in [-0.2, 0) is 10.9 Å². The monoisotopic (exact) mass is 554 g/mol. The van der Waals surface area contributed by atoms with Crippen LogP contribution in [0.1, 0.15) is 11.5 Å². The molecule has 0 bridgehead atoms. The molecule has 1 amide bonds. The molecule has 3 aromatic rings. The molecule has 0 N–H and O–H groups in total. The molecule has 2 heterocycles. The first-order chi connectivity index (χ1) is 18.2. The molecular formula is C23H18F4N4O6S. The summed E-state index contributed by atoms with van der Waals surface area (Å²) in [6, 6.07) is 7.00. The van der Waals surface area contributed by atoms with Gasteiger partial charge in [0, 0.05) is 11.1 Å². The lowest BCUT2D eigenvalue weighted by molar-refractivity contribution is -0.159. The standard InChI is InChI=1S/C23H18F4N4O6S/c1-33-14-10-13(15(24)18-17(14)35-8-9-36-18)16(20(38-3)30-22(32)34-2)28-12-6-4-11(5-7-12)19-29-21(37-31-19)23(25,26)27/h4-7,10H,8-9H2,1-3H3. The van der Waals surface area contributed by atoms with E-state index in [4.69, 9.17) is 14.2 Å². The van der Waals surface area contributed by atoms with Gasteiger partial charge in [-0.15, -0.1) is 11.8 Å². The summed E-state index contributed by atoms with van der Waals surface area (Å²) < 4.78 is 79.2. The number of carbonyl (C=O) groups excluding carboxylic acids is 1. The van der Waals surface area contributed by atoms with Crippen molar-refractivity contribution in [3.05, 3.63) is 47.6 Å². The molecule has 0 fully saturated rings. The van der Waals surface area contributed by atoms with Gasteiger partial charge >= 0.3 is 18.2 Å². The van der Waals surface area contributed by atoms with Crippen LogP contribution in [0.15, 0.2) is 44.8 Å². The molecule has 0 saturated heterocycles. The number of ether oxygens (including phenoxy) is 4. The van der Waals surface area contributed by atoms with Gasteiger partial charge in [-0.05, 0) is 36.6 Å². The summed E-state index contributed by atoms with van der Waals surface area (Å²) in [6.45, 7) is 0.294. The number of hydrogen-bond donors (Lipinski definition) is 0. The number of carbonyl (C=O) groups is 1. The minimum Gasteiger partial charge on any atom is -0.493 e. The number of rotatable bonds is 5.